The topological polar surface area (TPSA) is 28.4 Å². The van der Waals surface area contributed by atoms with E-state index in [9.17, 15) is 4.39 Å². The van der Waals surface area contributed by atoms with Crippen molar-refractivity contribution < 1.29 is 8.81 Å². The van der Waals surface area contributed by atoms with Crippen LogP contribution in [0.25, 0.3) is 0 Å². The standard InChI is InChI=1S/C15H19FN2O/c1-3-17-9-12-7-15(19-11-12)10-18(2)14-6-4-5-13(16)8-14/h4-8,11,17H,3,9-10H2,1-2H3. The molecule has 0 unspecified atom stereocenters. The van der Waals surface area contributed by atoms with E-state index in [1.165, 1.54) is 12.1 Å². The SMILES string of the molecule is CCNCc1coc(CN(C)c2cccc(F)c2)c1. The lowest BCUT2D eigenvalue weighted by molar-refractivity contribution is 0.504. The molecule has 0 aliphatic rings. The Hall–Kier alpha value is -1.81. The van der Waals surface area contributed by atoms with Gasteiger partial charge in [-0.2, -0.15) is 0 Å². The summed E-state index contributed by atoms with van der Waals surface area (Å²) in [4.78, 5) is 1.96. The van der Waals surface area contributed by atoms with E-state index in [-0.39, 0.29) is 5.82 Å². The van der Waals surface area contributed by atoms with Gasteiger partial charge in [-0.3, -0.25) is 0 Å². The number of furan rings is 1. The van der Waals surface area contributed by atoms with Gasteiger partial charge >= 0.3 is 0 Å². The summed E-state index contributed by atoms with van der Waals surface area (Å²) in [6, 6.07) is 8.57. The molecule has 102 valence electrons. The van der Waals surface area contributed by atoms with Crippen LogP contribution in [0, 0.1) is 5.82 Å². The fourth-order valence-corrected chi connectivity index (χ4v) is 1.91. The Balaban J connectivity index is 1.98. The normalized spacial score (nSPS) is 10.7. The maximum Gasteiger partial charge on any atom is 0.125 e. The first-order valence-corrected chi connectivity index (χ1v) is 6.42. The Bertz CT molecular complexity index is 524. The highest BCUT2D eigenvalue weighted by atomic mass is 19.1. The molecule has 19 heavy (non-hydrogen) atoms. The van der Waals surface area contributed by atoms with Crippen LogP contribution in [0.3, 0.4) is 0 Å². The molecule has 2 rings (SSSR count). The van der Waals surface area contributed by atoms with Gasteiger partial charge in [-0.05, 0) is 30.8 Å². The predicted molar refractivity (Wildman–Crippen MR) is 74.6 cm³/mol. The molecule has 1 heterocycles. The summed E-state index contributed by atoms with van der Waals surface area (Å²) in [5.74, 6) is 0.649. The quantitative estimate of drug-likeness (QED) is 0.866. The number of benzene rings is 1. The molecule has 1 aromatic carbocycles. The Morgan fingerprint density at radius 2 is 2.16 bits per heavy atom. The van der Waals surface area contributed by atoms with Crippen molar-refractivity contribution in [3.05, 3.63) is 53.7 Å². The second-order valence-corrected chi connectivity index (χ2v) is 4.54. The summed E-state index contributed by atoms with van der Waals surface area (Å²) < 4.78 is 18.7. The molecule has 2 aromatic rings. The monoisotopic (exact) mass is 262 g/mol. The molecule has 1 aromatic heterocycles. The second-order valence-electron chi connectivity index (χ2n) is 4.54. The third-order valence-electron chi connectivity index (χ3n) is 2.93. The lowest BCUT2D eigenvalue weighted by atomic mass is 10.2. The maximum atomic E-state index is 13.2. The summed E-state index contributed by atoms with van der Waals surface area (Å²) in [7, 11) is 1.92. The molecule has 1 N–H and O–H groups in total. The van der Waals surface area contributed by atoms with Gasteiger partial charge in [-0.15, -0.1) is 0 Å². The van der Waals surface area contributed by atoms with Crippen LogP contribution >= 0.6 is 0 Å². The van der Waals surface area contributed by atoms with Gasteiger partial charge in [-0.25, -0.2) is 4.39 Å². The van der Waals surface area contributed by atoms with E-state index >= 15 is 0 Å². The zero-order valence-corrected chi connectivity index (χ0v) is 11.3. The highest BCUT2D eigenvalue weighted by molar-refractivity contribution is 5.45. The van der Waals surface area contributed by atoms with Crippen LogP contribution in [-0.4, -0.2) is 13.6 Å². The van der Waals surface area contributed by atoms with Crippen LogP contribution in [0.5, 0.6) is 0 Å². The first kappa shape index (κ1) is 13.6. The zero-order valence-electron chi connectivity index (χ0n) is 11.3. The molecular weight excluding hydrogens is 243 g/mol. The first-order valence-electron chi connectivity index (χ1n) is 6.42. The van der Waals surface area contributed by atoms with Crippen molar-refractivity contribution >= 4 is 5.69 Å². The van der Waals surface area contributed by atoms with E-state index in [2.05, 4.69) is 12.2 Å². The molecule has 0 saturated heterocycles. The lowest BCUT2D eigenvalue weighted by Crippen LogP contribution is -2.16. The molecule has 0 spiro atoms. The fourth-order valence-electron chi connectivity index (χ4n) is 1.91. The first-order chi connectivity index (χ1) is 9.19. The molecule has 0 bridgehead atoms. The van der Waals surface area contributed by atoms with Crippen molar-refractivity contribution in [1.29, 1.82) is 0 Å². The largest absolute Gasteiger partial charge is 0.467 e. The third kappa shape index (κ3) is 3.83. The number of nitrogens with zero attached hydrogens (tertiary/aromatic N) is 1. The molecule has 0 fully saturated rings. The number of rotatable bonds is 6. The molecule has 3 nitrogen and oxygen atoms in total. The van der Waals surface area contributed by atoms with Crippen LogP contribution < -0.4 is 10.2 Å². The highest BCUT2D eigenvalue weighted by Gasteiger charge is 2.07. The van der Waals surface area contributed by atoms with Gasteiger partial charge < -0.3 is 14.6 Å². The molecule has 0 amide bonds. The average molecular weight is 262 g/mol. The van der Waals surface area contributed by atoms with Gasteiger partial charge in [0.1, 0.15) is 11.6 Å². The predicted octanol–water partition coefficient (Wildman–Crippen LogP) is 3.16. The molecule has 0 aliphatic carbocycles. The van der Waals surface area contributed by atoms with Crippen molar-refractivity contribution in [3.8, 4) is 0 Å². The maximum absolute atomic E-state index is 13.2. The minimum absolute atomic E-state index is 0.225. The summed E-state index contributed by atoms with van der Waals surface area (Å²) in [6.45, 7) is 4.43. The minimum Gasteiger partial charge on any atom is -0.467 e. The Morgan fingerprint density at radius 3 is 2.89 bits per heavy atom. The minimum atomic E-state index is -0.225. The van der Waals surface area contributed by atoms with Crippen molar-refractivity contribution in [2.75, 3.05) is 18.5 Å². The summed E-state index contributed by atoms with van der Waals surface area (Å²) in [5, 5.41) is 3.25. The number of halogens is 1. The van der Waals surface area contributed by atoms with E-state index in [1.807, 2.05) is 24.1 Å². The van der Waals surface area contributed by atoms with Crippen molar-refractivity contribution in [1.82, 2.24) is 5.32 Å². The number of hydrogen-bond acceptors (Lipinski definition) is 3. The third-order valence-corrected chi connectivity index (χ3v) is 2.93. The lowest BCUT2D eigenvalue weighted by Gasteiger charge is -2.17. The molecule has 0 radical (unpaired) electrons. The Labute approximate surface area is 113 Å². The van der Waals surface area contributed by atoms with Crippen LogP contribution in [0.2, 0.25) is 0 Å². The molecular formula is C15H19FN2O. The van der Waals surface area contributed by atoms with Gasteiger partial charge in [0.05, 0.1) is 12.8 Å². The van der Waals surface area contributed by atoms with E-state index in [4.69, 9.17) is 4.42 Å². The van der Waals surface area contributed by atoms with Crippen LogP contribution in [0.15, 0.2) is 41.0 Å². The van der Waals surface area contributed by atoms with Crippen molar-refractivity contribution in [3.63, 3.8) is 0 Å². The van der Waals surface area contributed by atoms with E-state index in [0.717, 1.165) is 30.1 Å². The van der Waals surface area contributed by atoms with Gasteiger partial charge in [-0.1, -0.05) is 13.0 Å². The molecule has 0 saturated carbocycles. The van der Waals surface area contributed by atoms with Crippen LogP contribution in [0.4, 0.5) is 10.1 Å². The number of anilines is 1. The van der Waals surface area contributed by atoms with Gasteiger partial charge in [0.2, 0.25) is 0 Å². The van der Waals surface area contributed by atoms with E-state index < -0.39 is 0 Å². The Kier molecular flexibility index (Phi) is 4.58. The van der Waals surface area contributed by atoms with E-state index in [0.29, 0.717) is 6.54 Å². The van der Waals surface area contributed by atoms with Crippen LogP contribution in [0.1, 0.15) is 18.2 Å². The Morgan fingerprint density at radius 1 is 1.32 bits per heavy atom. The average Bonchev–Trinajstić information content (AvgIpc) is 2.84. The van der Waals surface area contributed by atoms with Gasteiger partial charge in [0.15, 0.2) is 0 Å². The second kappa shape index (κ2) is 6.38. The fraction of sp³-hybridized carbons (Fsp3) is 0.333. The smallest absolute Gasteiger partial charge is 0.125 e. The van der Waals surface area contributed by atoms with Gasteiger partial charge in [0.25, 0.3) is 0 Å². The highest BCUT2D eigenvalue weighted by Crippen LogP contribution is 2.17. The number of hydrogen-bond donors (Lipinski definition) is 1. The van der Waals surface area contributed by atoms with Crippen LogP contribution in [-0.2, 0) is 13.1 Å². The van der Waals surface area contributed by atoms with Crippen molar-refractivity contribution in [2.45, 2.75) is 20.0 Å². The number of nitrogens with one attached hydrogen (secondary N) is 1. The summed E-state index contributed by atoms with van der Waals surface area (Å²) in [5.41, 5.74) is 1.97. The zero-order chi connectivity index (χ0) is 13.7. The van der Waals surface area contributed by atoms with Crippen molar-refractivity contribution in [2.24, 2.45) is 0 Å². The molecule has 0 atom stereocenters. The summed E-state index contributed by atoms with van der Waals surface area (Å²) in [6.07, 6.45) is 1.76. The molecule has 4 heteroatoms. The molecule has 0 aliphatic heterocycles. The van der Waals surface area contributed by atoms with Gasteiger partial charge in [0, 0.05) is 24.8 Å². The summed E-state index contributed by atoms with van der Waals surface area (Å²) >= 11 is 0. The van der Waals surface area contributed by atoms with E-state index in [1.54, 1.807) is 12.3 Å².